The third kappa shape index (κ3) is 4.98. The van der Waals surface area contributed by atoms with Gasteiger partial charge in [-0.3, -0.25) is 14.4 Å². The van der Waals surface area contributed by atoms with Gasteiger partial charge in [0.2, 0.25) is 15.9 Å². The molecule has 1 heterocycles. The molecule has 0 aliphatic carbocycles. The lowest BCUT2D eigenvalue weighted by atomic mass is 10.1. The highest BCUT2D eigenvalue weighted by molar-refractivity contribution is 7.89. The van der Waals surface area contributed by atoms with Crippen LogP contribution in [0.2, 0.25) is 0 Å². The molecule has 0 radical (unpaired) electrons. The second kappa shape index (κ2) is 9.40. The van der Waals surface area contributed by atoms with Gasteiger partial charge in [0.15, 0.2) is 0 Å². The summed E-state index contributed by atoms with van der Waals surface area (Å²) in [6.45, 7) is 1.89. The second-order valence-electron chi connectivity index (χ2n) is 8.22. The molecule has 1 unspecified atom stereocenters. The van der Waals surface area contributed by atoms with Crippen molar-refractivity contribution in [1.29, 1.82) is 0 Å². The number of rotatable bonds is 6. The number of halogens is 1. The number of amides is 3. The Morgan fingerprint density at radius 2 is 1.66 bits per heavy atom. The number of hydrogen-bond donors (Lipinski definition) is 1. The minimum absolute atomic E-state index is 0.0185. The number of imide groups is 1. The van der Waals surface area contributed by atoms with Crippen molar-refractivity contribution in [2.24, 2.45) is 5.14 Å². The zero-order chi connectivity index (χ0) is 25.3. The maximum Gasteiger partial charge on any atom is 0.257 e. The number of aryl methyl sites for hydroxylation is 1. The summed E-state index contributed by atoms with van der Waals surface area (Å²) in [5.74, 6) is -2.70. The molecule has 2 N–H and O–H groups in total. The van der Waals surface area contributed by atoms with Crippen LogP contribution in [0.5, 0.6) is 0 Å². The Morgan fingerprint density at radius 1 is 1.03 bits per heavy atom. The van der Waals surface area contributed by atoms with E-state index in [-0.39, 0.29) is 29.1 Å². The number of hydrogen-bond acceptors (Lipinski definition) is 5. The predicted molar refractivity (Wildman–Crippen MR) is 126 cm³/mol. The van der Waals surface area contributed by atoms with Crippen LogP contribution in [0.1, 0.15) is 27.9 Å². The van der Waals surface area contributed by atoms with Crippen LogP contribution in [0.25, 0.3) is 0 Å². The molecular formula is C25H22FN3O5S. The first-order chi connectivity index (χ1) is 16.6. The van der Waals surface area contributed by atoms with Gasteiger partial charge in [-0.1, -0.05) is 42.0 Å². The molecule has 10 heteroatoms. The molecule has 0 aromatic heterocycles. The molecule has 3 aromatic carbocycles. The van der Waals surface area contributed by atoms with Crippen LogP contribution in [-0.2, 0) is 26.2 Å². The van der Waals surface area contributed by atoms with Crippen molar-refractivity contribution < 1.29 is 27.2 Å². The molecule has 3 aromatic rings. The Balaban J connectivity index is 1.69. The first-order valence-corrected chi connectivity index (χ1v) is 12.2. The number of primary sulfonamides is 1. The van der Waals surface area contributed by atoms with E-state index in [1.165, 1.54) is 47.4 Å². The van der Waals surface area contributed by atoms with Gasteiger partial charge in [-0.25, -0.2) is 22.8 Å². The molecule has 1 fully saturated rings. The molecule has 0 saturated carbocycles. The van der Waals surface area contributed by atoms with E-state index < -0.39 is 39.6 Å². The summed E-state index contributed by atoms with van der Waals surface area (Å²) in [5, 5.41) is 5.11. The van der Waals surface area contributed by atoms with Crippen LogP contribution in [0.15, 0.2) is 77.7 Å². The monoisotopic (exact) mass is 495 g/mol. The zero-order valence-electron chi connectivity index (χ0n) is 18.7. The number of carbonyl (C=O) groups is 3. The highest BCUT2D eigenvalue weighted by atomic mass is 32.2. The van der Waals surface area contributed by atoms with E-state index in [9.17, 15) is 27.2 Å². The number of nitrogens with two attached hydrogens (primary N) is 1. The van der Waals surface area contributed by atoms with Gasteiger partial charge >= 0.3 is 0 Å². The third-order valence-electron chi connectivity index (χ3n) is 5.76. The van der Waals surface area contributed by atoms with Gasteiger partial charge in [-0.05, 0) is 48.9 Å². The standard InChI is InChI=1S/C25H22FN3O5S/c1-16-6-8-17(9-7-16)15-28(24(31)20-4-2-3-5-21(20)26)22-14-23(30)29(25(22)32)18-10-12-19(13-11-18)35(27,33)34/h2-13,22H,14-15H2,1H3,(H2,27,33,34). The molecular weight excluding hydrogens is 473 g/mol. The normalized spacial score (nSPS) is 16.0. The number of nitrogens with zero attached hydrogens (tertiary/aromatic N) is 2. The number of sulfonamides is 1. The van der Waals surface area contributed by atoms with Crippen molar-refractivity contribution in [1.82, 2.24) is 4.90 Å². The van der Waals surface area contributed by atoms with Gasteiger partial charge in [-0.2, -0.15) is 0 Å². The molecule has 3 amide bonds. The highest BCUT2D eigenvalue weighted by Crippen LogP contribution is 2.29. The molecule has 0 bridgehead atoms. The minimum atomic E-state index is -3.95. The Morgan fingerprint density at radius 3 is 2.26 bits per heavy atom. The quantitative estimate of drug-likeness (QED) is 0.528. The lowest BCUT2D eigenvalue weighted by Crippen LogP contribution is -2.45. The molecule has 8 nitrogen and oxygen atoms in total. The average molecular weight is 496 g/mol. The summed E-state index contributed by atoms with van der Waals surface area (Å²) in [5.41, 5.74) is 1.64. The first-order valence-electron chi connectivity index (χ1n) is 10.7. The number of carbonyl (C=O) groups excluding carboxylic acids is 3. The molecule has 1 aliphatic rings. The predicted octanol–water partition coefficient (Wildman–Crippen LogP) is 2.76. The van der Waals surface area contributed by atoms with Crippen molar-refractivity contribution in [3.05, 3.63) is 95.3 Å². The van der Waals surface area contributed by atoms with Gasteiger partial charge in [-0.15, -0.1) is 0 Å². The van der Waals surface area contributed by atoms with E-state index in [4.69, 9.17) is 5.14 Å². The summed E-state index contributed by atoms with van der Waals surface area (Å²) in [6.07, 6.45) is -0.304. The van der Waals surface area contributed by atoms with Gasteiger partial charge in [0.05, 0.1) is 22.6 Å². The van der Waals surface area contributed by atoms with Crippen LogP contribution in [0.3, 0.4) is 0 Å². The second-order valence-corrected chi connectivity index (χ2v) is 9.79. The van der Waals surface area contributed by atoms with Crippen molar-refractivity contribution >= 4 is 33.4 Å². The van der Waals surface area contributed by atoms with E-state index in [0.717, 1.165) is 16.5 Å². The van der Waals surface area contributed by atoms with Gasteiger partial charge in [0.1, 0.15) is 11.9 Å². The van der Waals surface area contributed by atoms with Crippen molar-refractivity contribution in [2.45, 2.75) is 30.8 Å². The number of benzene rings is 3. The Bertz CT molecular complexity index is 1410. The third-order valence-corrected chi connectivity index (χ3v) is 6.69. The zero-order valence-corrected chi connectivity index (χ0v) is 19.5. The molecule has 1 saturated heterocycles. The smallest absolute Gasteiger partial charge is 0.257 e. The largest absolute Gasteiger partial charge is 0.322 e. The molecule has 1 atom stereocenters. The maximum absolute atomic E-state index is 14.5. The molecule has 180 valence electrons. The fourth-order valence-corrected chi connectivity index (χ4v) is 4.43. The summed E-state index contributed by atoms with van der Waals surface area (Å²) in [6, 6.07) is 16.5. The topological polar surface area (TPSA) is 118 Å². The fourth-order valence-electron chi connectivity index (χ4n) is 3.92. The summed E-state index contributed by atoms with van der Waals surface area (Å²) >= 11 is 0. The average Bonchev–Trinajstić information content (AvgIpc) is 3.11. The summed E-state index contributed by atoms with van der Waals surface area (Å²) < 4.78 is 37.5. The van der Waals surface area contributed by atoms with E-state index in [1.54, 1.807) is 12.1 Å². The van der Waals surface area contributed by atoms with E-state index >= 15 is 0 Å². The molecule has 35 heavy (non-hydrogen) atoms. The van der Waals surface area contributed by atoms with Crippen molar-refractivity contribution in [2.75, 3.05) is 4.90 Å². The van der Waals surface area contributed by atoms with E-state index in [0.29, 0.717) is 5.56 Å². The van der Waals surface area contributed by atoms with Crippen LogP contribution >= 0.6 is 0 Å². The van der Waals surface area contributed by atoms with Gasteiger partial charge in [0.25, 0.3) is 11.8 Å². The first kappa shape index (κ1) is 24.2. The fraction of sp³-hybridized carbons (Fsp3) is 0.160. The van der Waals surface area contributed by atoms with Gasteiger partial charge in [0, 0.05) is 6.54 Å². The van der Waals surface area contributed by atoms with Crippen LogP contribution < -0.4 is 10.0 Å². The van der Waals surface area contributed by atoms with Crippen LogP contribution in [0.4, 0.5) is 10.1 Å². The van der Waals surface area contributed by atoms with Crippen molar-refractivity contribution in [3.8, 4) is 0 Å². The van der Waals surface area contributed by atoms with Crippen LogP contribution in [0, 0.1) is 12.7 Å². The minimum Gasteiger partial charge on any atom is -0.322 e. The van der Waals surface area contributed by atoms with Gasteiger partial charge < -0.3 is 4.90 Å². The Hall–Kier alpha value is -3.89. The SMILES string of the molecule is Cc1ccc(CN(C(=O)c2ccccc2F)C2CC(=O)N(c3ccc(S(N)(=O)=O)cc3)C2=O)cc1. The van der Waals surface area contributed by atoms with E-state index in [2.05, 4.69) is 0 Å². The molecule has 1 aliphatic heterocycles. The van der Waals surface area contributed by atoms with Crippen LogP contribution in [-0.4, -0.2) is 37.1 Å². The highest BCUT2D eigenvalue weighted by Gasteiger charge is 2.44. The lowest BCUT2D eigenvalue weighted by Gasteiger charge is -2.28. The maximum atomic E-state index is 14.5. The molecule has 4 rings (SSSR count). The number of anilines is 1. The summed E-state index contributed by atoms with van der Waals surface area (Å²) in [7, 11) is -3.95. The Labute approximate surface area is 201 Å². The van der Waals surface area contributed by atoms with E-state index in [1.807, 2.05) is 19.1 Å². The summed E-state index contributed by atoms with van der Waals surface area (Å²) in [4.78, 5) is 41.6. The van der Waals surface area contributed by atoms with Crippen molar-refractivity contribution in [3.63, 3.8) is 0 Å². The molecule has 0 spiro atoms. The Kier molecular flexibility index (Phi) is 6.51. The lowest BCUT2D eigenvalue weighted by molar-refractivity contribution is -0.122.